The van der Waals surface area contributed by atoms with Gasteiger partial charge in [-0.3, -0.25) is 4.79 Å². The van der Waals surface area contributed by atoms with Crippen LogP contribution in [0, 0.1) is 13.8 Å². The Morgan fingerprint density at radius 3 is 2.52 bits per heavy atom. The van der Waals surface area contributed by atoms with Crippen molar-refractivity contribution in [1.29, 1.82) is 0 Å². The molecule has 31 heavy (non-hydrogen) atoms. The van der Waals surface area contributed by atoms with E-state index >= 15 is 0 Å². The normalized spacial score (nSPS) is 12.2. The summed E-state index contributed by atoms with van der Waals surface area (Å²) in [5.41, 5.74) is 10.5. The van der Waals surface area contributed by atoms with Gasteiger partial charge in [0.2, 0.25) is 0 Å². The molecule has 0 saturated carbocycles. The van der Waals surface area contributed by atoms with Crippen molar-refractivity contribution < 1.29 is 9.90 Å². The smallest absolute Gasteiger partial charge is 0.257 e. The number of benzene rings is 2. The van der Waals surface area contributed by atoms with E-state index in [1.807, 2.05) is 13.8 Å². The van der Waals surface area contributed by atoms with Gasteiger partial charge in [-0.25, -0.2) is 14.6 Å². The molecule has 0 fully saturated rings. The Kier molecular flexibility index (Phi) is 5.53. The number of nitrogens with zero attached hydrogens (tertiary/aromatic N) is 4. The number of aromatic nitrogens is 4. The van der Waals surface area contributed by atoms with Gasteiger partial charge in [0.25, 0.3) is 5.91 Å². The van der Waals surface area contributed by atoms with Crippen molar-refractivity contribution >= 4 is 51.6 Å². The summed E-state index contributed by atoms with van der Waals surface area (Å²) in [6.45, 7) is 3.72. The second-order valence-corrected chi connectivity index (χ2v) is 7.92. The number of halogens is 2. The second-order valence-electron chi connectivity index (χ2n) is 7.05. The van der Waals surface area contributed by atoms with Crippen molar-refractivity contribution in [3.8, 4) is 5.69 Å². The molecule has 10 heteroatoms. The molecule has 0 aliphatic carbocycles. The SMILES string of the molecule is Cc1cc(NC(=O)C(O)c2cc(Cl)cc(Cl)c2)ccc1-n1nc(C)c2ncnc(N)c21. The summed E-state index contributed by atoms with van der Waals surface area (Å²) in [5.74, 6) is -0.283. The number of aryl methyl sites for hydroxylation is 2. The molecule has 0 aliphatic heterocycles. The summed E-state index contributed by atoms with van der Waals surface area (Å²) in [5, 5.41) is 18.3. The van der Waals surface area contributed by atoms with E-state index in [4.69, 9.17) is 28.9 Å². The first-order valence-electron chi connectivity index (χ1n) is 9.26. The van der Waals surface area contributed by atoms with Crippen LogP contribution < -0.4 is 11.1 Å². The Bertz CT molecular complexity index is 1300. The van der Waals surface area contributed by atoms with Gasteiger partial charge in [-0.15, -0.1) is 0 Å². The van der Waals surface area contributed by atoms with Gasteiger partial charge < -0.3 is 16.2 Å². The Morgan fingerprint density at radius 1 is 1.13 bits per heavy atom. The highest BCUT2D eigenvalue weighted by Crippen LogP contribution is 2.28. The molecule has 0 radical (unpaired) electrons. The number of hydrogen-bond donors (Lipinski definition) is 3. The third-order valence-electron chi connectivity index (χ3n) is 4.80. The number of nitrogens with one attached hydrogen (secondary N) is 1. The fourth-order valence-electron chi connectivity index (χ4n) is 3.35. The van der Waals surface area contributed by atoms with E-state index in [0.29, 0.717) is 38.1 Å². The van der Waals surface area contributed by atoms with Crippen LogP contribution in [0.25, 0.3) is 16.7 Å². The zero-order valence-corrected chi connectivity index (χ0v) is 18.1. The van der Waals surface area contributed by atoms with Crippen molar-refractivity contribution in [2.45, 2.75) is 20.0 Å². The van der Waals surface area contributed by atoms with Crippen LogP contribution in [0.2, 0.25) is 10.0 Å². The van der Waals surface area contributed by atoms with E-state index in [1.54, 1.807) is 22.9 Å². The number of rotatable bonds is 4. The van der Waals surface area contributed by atoms with Crippen molar-refractivity contribution in [3.63, 3.8) is 0 Å². The molecule has 4 aromatic rings. The third kappa shape index (κ3) is 4.05. The van der Waals surface area contributed by atoms with E-state index in [2.05, 4.69) is 20.4 Å². The first-order valence-corrected chi connectivity index (χ1v) is 10.0. The first kappa shape index (κ1) is 21.0. The van der Waals surface area contributed by atoms with Crippen LogP contribution in [-0.2, 0) is 4.79 Å². The molecule has 4 N–H and O–H groups in total. The van der Waals surface area contributed by atoms with Crippen LogP contribution in [-0.4, -0.2) is 30.8 Å². The van der Waals surface area contributed by atoms with E-state index in [9.17, 15) is 9.90 Å². The Balaban J connectivity index is 1.62. The van der Waals surface area contributed by atoms with E-state index in [-0.39, 0.29) is 0 Å². The average molecular weight is 457 g/mol. The maximum Gasteiger partial charge on any atom is 0.257 e. The van der Waals surface area contributed by atoms with Crippen LogP contribution in [0.5, 0.6) is 0 Å². The predicted molar refractivity (Wildman–Crippen MR) is 121 cm³/mol. The number of carbonyl (C=O) groups excluding carboxylic acids is 1. The molecular weight excluding hydrogens is 439 g/mol. The Hall–Kier alpha value is -3.20. The summed E-state index contributed by atoms with van der Waals surface area (Å²) < 4.78 is 1.68. The van der Waals surface area contributed by atoms with Gasteiger partial charge in [0.15, 0.2) is 11.9 Å². The quantitative estimate of drug-likeness (QED) is 0.426. The lowest BCUT2D eigenvalue weighted by molar-refractivity contribution is -0.124. The molecule has 2 heterocycles. The minimum atomic E-state index is -1.43. The minimum Gasteiger partial charge on any atom is -0.382 e. The van der Waals surface area contributed by atoms with E-state index < -0.39 is 12.0 Å². The fraction of sp³-hybridized carbons (Fsp3) is 0.143. The third-order valence-corrected chi connectivity index (χ3v) is 5.23. The number of carbonyl (C=O) groups is 1. The molecular formula is C21H18Cl2N6O2. The maximum absolute atomic E-state index is 12.5. The number of fused-ring (bicyclic) bond motifs is 1. The zero-order valence-electron chi connectivity index (χ0n) is 16.6. The predicted octanol–water partition coefficient (Wildman–Crippen LogP) is 3.99. The van der Waals surface area contributed by atoms with Crippen molar-refractivity contribution in [2.24, 2.45) is 0 Å². The van der Waals surface area contributed by atoms with Crippen LogP contribution in [0.4, 0.5) is 11.5 Å². The fourth-order valence-corrected chi connectivity index (χ4v) is 3.90. The summed E-state index contributed by atoms with van der Waals surface area (Å²) in [6.07, 6.45) is -0.0218. The van der Waals surface area contributed by atoms with Gasteiger partial charge in [0.05, 0.1) is 11.4 Å². The average Bonchev–Trinajstić information content (AvgIpc) is 3.04. The van der Waals surface area contributed by atoms with Crippen LogP contribution in [0.3, 0.4) is 0 Å². The molecule has 1 unspecified atom stereocenters. The monoisotopic (exact) mass is 456 g/mol. The molecule has 0 spiro atoms. The molecule has 0 saturated heterocycles. The molecule has 4 rings (SSSR count). The van der Waals surface area contributed by atoms with Crippen LogP contribution in [0.1, 0.15) is 22.9 Å². The van der Waals surface area contributed by atoms with E-state index in [0.717, 1.165) is 16.9 Å². The summed E-state index contributed by atoms with van der Waals surface area (Å²) >= 11 is 11.9. The lowest BCUT2D eigenvalue weighted by Crippen LogP contribution is -2.21. The molecule has 2 aromatic heterocycles. The second kappa shape index (κ2) is 8.14. The highest BCUT2D eigenvalue weighted by atomic mass is 35.5. The first-order chi connectivity index (χ1) is 14.7. The number of nitrogens with two attached hydrogens (primary N) is 1. The van der Waals surface area contributed by atoms with Gasteiger partial charge in [-0.2, -0.15) is 5.10 Å². The molecule has 2 aromatic carbocycles. The molecule has 1 atom stereocenters. The topological polar surface area (TPSA) is 119 Å². The van der Waals surface area contributed by atoms with Crippen molar-refractivity contribution in [2.75, 3.05) is 11.1 Å². The summed E-state index contributed by atoms with van der Waals surface area (Å²) in [6, 6.07) is 9.78. The van der Waals surface area contributed by atoms with Gasteiger partial charge in [0.1, 0.15) is 17.4 Å². The van der Waals surface area contributed by atoms with E-state index in [1.165, 1.54) is 24.5 Å². The van der Waals surface area contributed by atoms with Gasteiger partial charge in [-0.05, 0) is 61.4 Å². The number of amides is 1. The van der Waals surface area contributed by atoms with Gasteiger partial charge in [-0.1, -0.05) is 23.2 Å². The van der Waals surface area contributed by atoms with Crippen LogP contribution >= 0.6 is 23.2 Å². The van der Waals surface area contributed by atoms with Gasteiger partial charge >= 0.3 is 0 Å². The Labute approximate surface area is 187 Å². The number of anilines is 2. The number of hydrogen-bond acceptors (Lipinski definition) is 6. The zero-order chi connectivity index (χ0) is 22.3. The molecule has 8 nitrogen and oxygen atoms in total. The lowest BCUT2D eigenvalue weighted by atomic mass is 10.1. The summed E-state index contributed by atoms with van der Waals surface area (Å²) in [4.78, 5) is 20.8. The van der Waals surface area contributed by atoms with Crippen LogP contribution in [0.15, 0.2) is 42.7 Å². The minimum absolute atomic E-state index is 0.303. The molecule has 0 aliphatic rings. The lowest BCUT2D eigenvalue weighted by Gasteiger charge is -2.14. The summed E-state index contributed by atoms with van der Waals surface area (Å²) in [7, 11) is 0. The Morgan fingerprint density at radius 2 is 1.84 bits per heavy atom. The molecule has 158 valence electrons. The largest absolute Gasteiger partial charge is 0.382 e. The highest BCUT2D eigenvalue weighted by molar-refractivity contribution is 6.34. The number of aliphatic hydroxyl groups excluding tert-OH is 1. The number of nitrogen functional groups attached to an aromatic ring is 1. The molecule has 0 bridgehead atoms. The highest BCUT2D eigenvalue weighted by Gasteiger charge is 2.20. The number of aliphatic hydroxyl groups is 1. The van der Waals surface area contributed by atoms with Crippen molar-refractivity contribution in [3.05, 3.63) is 69.6 Å². The maximum atomic E-state index is 12.5. The molecule has 1 amide bonds. The van der Waals surface area contributed by atoms with Crippen molar-refractivity contribution in [1.82, 2.24) is 19.7 Å². The standard InChI is InChI=1S/C21H18Cl2N6O2/c1-10-5-15(27-21(31)19(30)12-6-13(22)8-14(23)7-12)3-4-16(10)29-18-17(11(2)28-29)25-9-26-20(18)24/h3-9,19,30H,1-2H3,(H,27,31)(H2,24,25,26). The van der Waals surface area contributed by atoms with Gasteiger partial charge in [0, 0.05) is 15.7 Å².